The van der Waals surface area contributed by atoms with Gasteiger partial charge in [-0.05, 0) is 31.0 Å². The summed E-state index contributed by atoms with van der Waals surface area (Å²) in [7, 11) is -2.46. The Morgan fingerprint density at radius 1 is 1.33 bits per heavy atom. The topological polar surface area (TPSA) is 89.7 Å². The molecular formula is C13H17ClN2O4S. The van der Waals surface area contributed by atoms with Gasteiger partial charge in [0.25, 0.3) is 0 Å². The van der Waals surface area contributed by atoms with Crippen molar-refractivity contribution in [2.75, 3.05) is 20.2 Å². The number of nitrogens with zero attached hydrogens (tertiary/aromatic N) is 1. The number of nitrogens with two attached hydrogens (primary N) is 1. The summed E-state index contributed by atoms with van der Waals surface area (Å²) in [5.41, 5.74) is 5.89. The second-order valence-electron chi connectivity index (χ2n) is 4.91. The van der Waals surface area contributed by atoms with Crippen LogP contribution in [0.2, 0.25) is 5.02 Å². The van der Waals surface area contributed by atoms with Crippen LogP contribution < -0.4 is 5.73 Å². The summed E-state index contributed by atoms with van der Waals surface area (Å²) in [5.74, 6) is -0.630. The molecule has 1 aromatic rings. The van der Waals surface area contributed by atoms with E-state index in [1.165, 1.54) is 29.6 Å². The molecular weight excluding hydrogens is 316 g/mol. The first-order chi connectivity index (χ1) is 9.84. The Labute approximate surface area is 128 Å². The first kappa shape index (κ1) is 16.2. The predicted molar refractivity (Wildman–Crippen MR) is 78.8 cm³/mol. The maximum atomic E-state index is 12.6. The second-order valence-corrected chi connectivity index (χ2v) is 7.28. The Hall–Kier alpha value is -1.15. The maximum Gasteiger partial charge on any atom is 0.337 e. The fraction of sp³-hybridized carbons (Fsp3) is 0.462. The van der Waals surface area contributed by atoms with Gasteiger partial charge in [0.15, 0.2) is 0 Å². The number of esters is 1. The van der Waals surface area contributed by atoms with Crippen molar-refractivity contribution in [2.24, 2.45) is 5.73 Å². The normalized spacial score (nSPS) is 17.7. The largest absolute Gasteiger partial charge is 0.465 e. The molecule has 1 saturated heterocycles. The molecule has 116 valence electrons. The third-order valence-electron chi connectivity index (χ3n) is 3.43. The number of carbonyl (C=O) groups excluding carboxylic acids is 1. The lowest BCUT2D eigenvalue weighted by Crippen LogP contribution is -2.42. The van der Waals surface area contributed by atoms with E-state index in [4.69, 9.17) is 17.3 Å². The van der Waals surface area contributed by atoms with Crippen molar-refractivity contribution in [3.05, 3.63) is 28.8 Å². The number of benzene rings is 1. The molecule has 0 amide bonds. The van der Waals surface area contributed by atoms with Gasteiger partial charge in [-0.15, -0.1) is 0 Å². The Balaban J connectivity index is 2.36. The lowest BCUT2D eigenvalue weighted by Gasteiger charge is -2.29. The highest BCUT2D eigenvalue weighted by Gasteiger charge is 2.29. The molecule has 0 saturated carbocycles. The van der Waals surface area contributed by atoms with Gasteiger partial charge in [0.2, 0.25) is 10.0 Å². The summed E-state index contributed by atoms with van der Waals surface area (Å²) >= 11 is 5.91. The van der Waals surface area contributed by atoms with Gasteiger partial charge < -0.3 is 10.5 Å². The van der Waals surface area contributed by atoms with E-state index in [-0.39, 0.29) is 21.5 Å². The number of methoxy groups -OCH3 is 1. The minimum atomic E-state index is -3.69. The molecule has 1 aromatic carbocycles. The molecule has 0 aliphatic carbocycles. The van der Waals surface area contributed by atoms with Crippen LogP contribution >= 0.6 is 11.6 Å². The Morgan fingerprint density at radius 2 is 1.95 bits per heavy atom. The van der Waals surface area contributed by atoms with Crippen molar-refractivity contribution in [3.8, 4) is 0 Å². The number of rotatable bonds is 3. The molecule has 1 fully saturated rings. The maximum absolute atomic E-state index is 12.6. The van der Waals surface area contributed by atoms with Crippen LogP contribution in [-0.4, -0.2) is 44.9 Å². The Morgan fingerprint density at radius 3 is 2.52 bits per heavy atom. The molecule has 1 aliphatic heterocycles. The first-order valence-electron chi connectivity index (χ1n) is 6.49. The smallest absolute Gasteiger partial charge is 0.337 e. The van der Waals surface area contributed by atoms with Crippen LogP contribution in [0.5, 0.6) is 0 Å². The fourth-order valence-corrected chi connectivity index (χ4v) is 4.05. The van der Waals surface area contributed by atoms with Crippen molar-refractivity contribution in [1.29, 1.82) is 0 Å². The van der Waals surface area contributed by atoms with Gasteiger partial charge >= 0.3 is 5.97 Å². The van der Waals surface area contributed by atoms with E-state index in [2.05, 4.69) is 4.74 Å². The zero-order valence-electron chi connectivity index (χ0n) is 11.6. The molecule has 0 spiro atoms. The summed E-state index contributed by atoms with van der Waals surface area (Å²) in [6.45, 7) is 0.729. The monoisotopic (exact) mass is 332 g/mol. The minimum absolute atomic E-state index is 0.00845. The number of halogens is 1. The highest BCUT2D eigenvalue weighted by atomic mass is 35.5. The van der Waals surface area contributed by atoms with Crippen LogP contribution in [0.4, 0.5) is 0 Å². The van der Waals surface area contributed by atoms with E-state index in [9.17, 15) is 13.2 Å². The Kier molecular flexibility index (Phi) is 4.88. The van der Waals surface area contributed by atoms with Crippen LogP contribution in [-0.2, 0) is 14.8 Å². The molecule has 0 radical (unpaired) electrons. The van der Waals surface area contributed by atoms with Crippen LogP contribution in [0.25, 0.3) is 0 Å². The second kappa shape index (κ2) is 6.31. The van der Waals surface area contributed by atoms with Crippen LogP contribution in [0.3, 0.4) is 0 Å². The Bertz CT molecular complexity index is 640. The molecule has 21 heavy (non-hydrogen) atoms. The minimum Gasteiger partial charge on any atom is -0.465 e. The SMILES string of the molecule is COC(=O)c1cc(Cl)cc(S(=O)(=O)N2CCC(N)CC2)c1. The van der Waals surface area contributed by atoms with Gasteiger partial charge in [-0.25, -0.2) is 13.2 Å². The molecule has 2 rings (SSSR count). The molecule has 6 nitrogen and oxygen atoms in total. The summed E-state index contributed by atoms with van der Waals surface area (Å²) in [4.78, 5) is 11.5. The number of piperidine rings is 1. The summed E-state index contributed by atoms with van der Waals surface area (Å²) in [5, 5.41) is 0.171. The molecule has 0 aromatic heterocycles. The van der Waals surface area contributed by atoms with E-state index in [1.54, 1.807) is 0 Å². The van der Waals surface area contributed by atoms with Crippen LogP contribution in [0.1, 0.15) is 23.2 Å². The van der Waals surface area contributed by atoms with Gasteiger partial charge in [-0.3, -0.25) is 0 Å². The molecule has 8 heteroatoms. The highest BCUT2D eigenvalue weighted by Crippen LogP contribution is 2.24. The lowest BCUT2D eigenvalue weighted by molar-refractivity contribution is 0.0600. The molecule has 0 bridgehead atoms. The average molecular weight is 333 g/mol. The molecule has 0 unspecified atom stereocenters. The van der Waals surface area contributed by atoms with Gasteiger partial charge in [-0.2, -0.15) is 4.31 Å². The molecule has 2 N–H and O–H groups in total. The zero-order chi connectivity index (χ0) is 15.6. The van der Waals surface area contributed by atoms with Gasteiger partial charge in [0, 0.05) is 24.2 Å². The summed E-state index contributed by atoms with van der Waals surface area (Å²) in [6, 6.07) is 4.01. The number of hydrogen-bond donors (Lipinski definition) is 1. The van der Waals surface area contributed by atoms with E-state index in [0.29, 0.717) is 25.9 Å². The van der Waals surface area contributed by atoms with Crippen molar-refractivity contribution in [3.63, 3.8) is 0 Å². The van der Waals surface area contributed by atoms with Crippen molar-refractivity contribution in [1.82, 2.24) is 4.31 Å². The zero-order valence-corrected chi connectivity index (χ0v) is 13.2. The number of sulfonamides is 1. The lowest BCUT2D eigenvalue weighted by atomic mass is 10.1. The van der Waals surface area contributed by atoms with E-state index in [0.717, 1.165) is 0 Å². The van der Waals surface area contributed by atoms with Crippen molar-refractivity contribution >= 4 is 27.6 Å². The third-order valence-corrected chi connectivity index (χ3v) is 5.52. The van der Waals surface area contributed by atoms with E-state index in [1.807, 2.05) is 0 Å². The van der Waals surface area contributed by atoms with Crippen molar-refractivity contribution < 1.29 is 17.9 Å². The van der Waals surface area contributed by atoms with E-state index >= 15 is 0 Å². The number of carbonyl (C=O) groups is 1. The quantitative estimate of drug-likeness (QED) is 0.841. The average Bonchev–Trinajstić information content (AvgIpc) is 2.46. The summed E-state index contributed by atoms with van der Waals surface area (Å²) < 4.78 is 31.1. The van der Waals surface area contributed by atoms with Gasteiger partial charge in [0.05, 0.1) is 17.6 Å². The first-order valence-corrected chi connectivity index (χ1v) is 8.31. The van der Waals surface area contributed by atoms with Gasteiger partial charge in [0.1, 0.15) is 0 Å². The third kappa shape index (κ3) is 3.55. The fourth-order valence-electron chi connectivity index (χ4n) is 2.21. The van der Waals surface area contributed by atoms with Crippen molar-refractivity contribution in [2.45, 2.75) is 23.8 Å². The van der Waals surface area contributed by atoms with E-state index < -0.39 is 16.0 Å². The molecule has 0 atom stereocenters. The van der Waals surface area contributed by atoms with Gasteiger partial charge in [-0.1, -0.05) is 11.6 Å². The van der Waals surface area contributed by atoms with Crippen LogP contribution in [0.15, 0.2) is 23.1 Å². The molecule has 1 heterocycles. The number of ether oxygens (including phenoxy) is 1. The standard InChI is InChI=1S/C13H17ClN2O4S/c1-20-13(17)9-6-10(14)8-12(7-9)21(18,19)16-4-2-11(15)3-5-16/h6-8,11H,2-5,15H2,1H3. The highest BCUT2D eigenvalue weighted by molar-refractivity contribution is 7.89. The predicted octanol–water partition coefficient (Wildman–Crippen LogP) is 1.24. The summed E-state index contributed by atoms with van der Waals surface area (Å²) in [6.07, 6.45) is 1.23. The van der Waals surface area contributed by atoms with Crippen LogP contribution in [0, 0.1) is 0 Å². The number of hydrogen-bond acceptors (Lipinski definition) is 5. The molecule has 1 aliphatic rings.